The smallest absolute Gasteiger partial charge is 0.339 e. The van der Waals surface area contributed by atoms with Crippen molar-refractivity contribution in [3.63, 3.8) is 0 Å². The Kier molecular flexibility index (Phi) is 6.34. The molecule has 0 aromatic heterocycles. The van der Waals surface area contributed by atoms with Gasteiger partial charge in [-0.05, 0) is 43.0 Å². The molecule has 10 heteroatoms. The number of hydrogen-bond acceptors (Lipinski definition) is 6. The number of hydrogen-bond donors (Lipinski definition) is 2. The first-order chi connectivity index (χ1) is 14.3. The topological polar surface area (TPSA) is 125 Å². The zero-order chi connectivity index (χ0) is 21.8. The number of anilines is 1. The molecule has 1 saturated carbocycles. The average molecular weight is 416 g/mol. The van der Waals surface area contributed by atoms with Crippen LogP contribution in [0, 0.1) is 5.92 Å². The van der Waals surface area contributed by atoms with E-state index < -0.39 is 36.3 Å². The summed E-state index contributed by atoms with van der Waals surface area (Å²) in [5, 5.41) is 4.87. The summed E-state index contributed by atoms with van der Waals surface area (Å²) in [7, 11) is 1.47. The van der Waals surface area contributed by atoms with Crippen molar-refractivity contribution in [1.82, 2.24) is 15.5 Å². The Morgan fingerprint density at radius 3 is 2.37 bits per heavy atom. The maximum atomic E-state index is 12.6. The highest BCUT2D eigenvalue weighted by Crippen LogP contribution is 2.25. The quantitative estimate of drug-likeness (QED) is 0.552. The monoisotopic (exact) mass is 416 g/mol. The van der Waals surface area contributed by atoms with Crippen molar-refractivity contribution in [3.05, 3.63) is 24.3 Å². The highest BCUT2D eigenvalue weighted by molar-refractivity contribution is 6.53. The number of carbonyl (C=O) groups is 5. The van der Waals surface area contributed by atoms with Crippen molar-refractivity contribution < 1.29 is 28.7 Å². The molecule has 1 saturated heterocycles. The van der Waals surface area contributed by atoms with Gasteiger partial charge in [-0.15, -0.1) is 0 Å². The molecule has 0 bridgehead atoms. The van der Waals surface area contributed by atoms with Crippen LogP contribution in [0.5, 0.6) is 5.75 Å². The molecule has 160 valence electrons. The summed E-state index contributed by atoms with van der Waals surface area (Å²) in [5.41, 5.74) is 0.172. The molecule has 0 spiro atoms. The minimum atomic E-state index is -1.13. The molecule has 2 N–H and O–H groups in total. The molecule has 2 aliphatic rings. The second kappa shape index (κ2) is 8.93. The van der Waals surface area contributed by atoms with Gasteiger partial charge in [0.2, 0.25) is 5.91 Å². The molecule has 1 heterocycles. The van der Waals surface area contributed by atoms with Crippen LogP contribution in [0.15, 0.2) is 24.3 Å². The fourth-order valence-electron chi connectivity index (χ4n) is 3.65. The minimum absolute atomic E-state index is 0.0336. The third kappa shape index (κ3) is 4.42. The molecular formula is C20H24N4O6. The van der Waals surface area contributed by atoms with E-state index >= 15 is 0 Å². The number of carbonyl (C=O) groups excluding carboxylic acids is 5. The zero-order valence-corrected chi connectivity index (χ0v) is 16.8. The summed E-state index contributed by atoms with van der Waals surface area (Å²) < 4.78 is 5.02. The number of benzene rings is 1. The van der Waals surface area contributed by atoms with Gasteiger partial charge in [0.25, 0.3) is 0 Å². The van der Waals surface area contributed by atoms with Crippen molar-refractivity contribution >= 4 is 35.5 Å². The van der Waals surface area contributed by atoms with Crippen LogP contribution in [-0.4, -0.2) is 54.4 Å². The lowest BCUT2D eigenvalue weighted by Crippen LogP contribution is -2.50. The Bertz CT molecular complexity index is 869. The number of urea groups is 2. The summed E-state index contributed by atoms with van der Waals surface area (Å²) in [4.78, 5) is 62.5. The van der Waals surface area contributed by atoms with Crippen molar-refractivity contribution in [2.24, 2.45) is 5.92 Å². The van der Waals surface area contributed by atoms with Gasteiger partial charge in [-0.1, -0.05) is 19.8 Å². The maximum Gasteiger partial charge on any atom is 0.339 e. The molecule has 1 aliphatic heterocycles. The van der Waals surface area contributed by atoms with Gasteiger partial charge in [-0.25, -0.2) is 19.4 Å². The average Bonchev–Trinajstić information content (AvgIpc) is 2.93. The van der Waals surface area contributed by atoms with Gasteiger partial charge < -0.3 is 10.1 Å². The van der Waals surface area contributed by atoms with Crippen LogP contribution >= 0.6 is 0 Å². The highest BCUT2D eigenvalue weighted by Gasteiger charge is 2.46. The lowest BCUT2D eigenvalue weighted by molar-refractivity contribution is -0.140. The van der Waals surface area contributed by atoms with Gasteiger partial charge in [-0.3, -0.25) is 19.7 Å². The summed E-state index contributed by atoms with van der Waals surface area (Å²) in [6.07, 6.45) is 3.94. The third-order valence-electron chi connectivity index (χ3n) is 5.37. The van der Waals surface area contributed by atoms with Gasteiger partial charge in [0.15, 0.2) is 0 Å². The second-order valence-corrected chi connectivity index (χ2v) is 7.40. The largest absolute Gasteiger partial charge is 0.497 e. The number of rotatable bonds is 5. The van der Waals surface area contributed by atoms with E-state index in [2.05, 4.69) is 10.6 Å². The summed E-state index contributed by atoms with van der Waals surface area (Å²) >= 11 is 0. The number of nitrogens with one attached hydrogen (secondary N) is 2. The van der Waals surface area contributed by atoms with E-state index in [1.807, 2.05) is 6.92 Å². The first-order valence-corrected chi connectivity index (χ1v) is 9.76. The van der Waals surface area contributed by atoms with E-state index in [1.165, 1.54) is 31.4 Å². The number of imide groups is 3. The molecule has 30 heavy (non-hydrogen) atoms. The molecule has 1 aromatic carbocycles. The predicted octanol–water partition coefficient (Wildman–Crippen LogP) is 1.39. The first-order valence-electron chi connectivity index (χ1n) is 9.76. The predicted molar refractivity (Wildman–Crippen MR) is 106 cm³/mol. The Labute approximate surface area is 173 Å². The van der Waals surface area contributed by atoms with Crippen LogP contribution in [-0.2, 0) is 14.4 Å². The standard InChI is InChI=1S/C20H24N4O6/c1-12-5-3-4-6-15(12)21-19(28)22-16(25)11-23-17(26)18(27)24(20(23)29)13-7-9-14(30-2)10-8-13/h7-10,12,15H,3-6,11H2,1-2H3,(H2,21,22,25,28)/t12-,15+/m1/s1. The van der Waals surface area contributed by atoms with Crippen LogP contribution in [0.3, 0.4) is 0 Å². The van der Waals surface area contributed by atoms with Crippen LogP contribution < -0.4 is 20.3 Å². The normalized spacial score (nSPS) is 21.6. The number of methoxy groups -OCH3 is 1. The van der Waals surface area contributed by atoms with Crippen molar-refractivity contribution in [2.45, 2.75) is 38.6 Å². The van der Waals surface area contributed by atoms with E-state index in [0.29, 0.717) is 21.5 Å². The Hall–Kier alpha value is -3.43. The molecule has 7 amide bonds. The summed E-state index contributed by atoms with van der Waals surface area (Å²) in [6.45, 7) is 1.30. The summed E-state index contributed by atoms with van der Waals surface area (Å²) in [5.74, 6) is -2.25. The Morgan fingerprint density at radius 2 is 1.73 bits per heavy atom. The molecule has 2 fully saturated rings. The summed E-state index contributed by atoms with van der Waals surface area (Å²) in [6, 6.07) is 4.30. The van der Waals surface area contributed by atoms with E-state index in [4.69, 9.17) is 4.74 Å². The van der Waals surface area contributed by atoms with E-state index in [9.17, 15) is 24.0 Å². The van der Waals surface area contributed by atoms with Crippen LogP contribution in [0.4, 0.5) is 15.3 Å². The number of amides is 7. The van der Waals surface area contributed by atoms with Gasteiger partial charge >= 0.3 is 23.9 Å². The third-order valence-corrected chi connectivity index (χ3v) is 5.37. The van der Waals surface area contributed by atoms with Crippen LogP contribution in [0.1, 0.15) is 32.6 Å². The van der Waals surface area contributed by atoms with E-state index in [0.717, 1.165) is 25.7 Å². The molecule has 10 nitrogen and oxygen atoms in total. The van der Waals surface area contributed by atoms with Crippen LogP contribution in [0.25, 0.3) is 0 Å². The van der Waals surface area contributed by atoms with Crippen molar-refractivity contribution in [3.8, 4) is 5.75 Å². The van der Waals surface area contributed by atoms with Crippen molar-refractivity contribution in [1.29, 1.82) is 0 Å². The molecular weight excluding hydrogens is 392 g/mol. The van der Waals surface area contributed by atoms with E-state index in [-0.39, 0.29) is 11.7 Å². The van der Waals surface area contributed by atoms with E-state index in [1.54, 1.807) is 0 Å². The first kappa shape index (κ1) is 21.3. The Morgan fingerprint density at radius 1 is 1.07 bits per heavy atom. The fourth-order valence-corrected chi connectivity index (χ4v) is 3.65. The lowest BCUT2D eigenvalue weighted by Gasteiger charge is -2.29. The number of nitrogens with zero attached hydrogens (tertiary/aromatic N) is 2. The SMILES string of the molecule is COc1ccc(N2C(=O)C(=O)N(CC(=O)NC(=O)N[C@H]3CCCC[C@H]3C)C2=O)cc1. The van der Waals surface area contributed by atoms with Crippen molar-refractivity contribution in [2.75, 3.05) is 18.6 Å². The second-order valence-electron chi connectivity index (χ2n) is 7.40. The fraction of sp³-hybridized carbons (Fsp3) is 0.450. The highest BCUT2D eigenvalue weighted by atomic mass is 16.5. The molecule has 3 rings (SSSR count). The molecule has 0 radical (unpaired) electrons. The zero-order valence-electron chi connectivity index (χ0n) is 16.8. The van der Waals surface area contributed by atoms with Gasteiger partial charge in [0, 0.05) is 6.04 Å². The molecule has 1 aliphatic carbocycles. The lowest BCUT2D eigenvalue weighted by atomic mass is 9.86. The van der Waals surface area contributed by atoms with Crippen LogP contribution in [0.2, 0.25) is 0 Å². The molecule has 0 unspecified atom stereocenters. The van der Waals surface area contributed by atoms with Gasteiger partial charge in [0.1, 0.15) is 12.3 Å². The molecule has 2 atom stereocenters. The maximum absolute atomic E-state index is 12.6. The van der Waals surface area contributed by atoms with Gasteiger partial charge in [-0.2, -0.15) is 0 Å². The Balaban J connectivity index is 1.60. The van der Waals surface area contributed by atoms with Gasteiger partial charge in [0.05, 0.1) is 12.8 Å². The molecule has 1 aromatic rings. The number of ether oxygens (including phenoxy) is 1. The minimum Gasteiger partial charge on any atom is -0.497 e.